The van der Waals surface area contributed by atoms with Crippen LogP contribution in [-0.4, -0.2) is 63.6 Å². The van der Waals surface area contributed by atoms with E-state index in [-0.39, 0.29) is 23.6 Å². The van der Waals surface area contributed by atoms with Crippen LogP contribution >= 0.6 is 23.2 Å². The van der Waals surface area contributed by atoms with Crippen LogP contribution in [0.15, 0.2) is 18.2 Å². The molecule has 2 heterocycles. The highest BCUT2D eigenvalue weighted by molar-refractivity contribution is 6.37. The third kappa shape index (κ3) is 4.00. The molecule has 0 bridgehead atoms. The molecule has 1 aromatic heterocycles. The van der Waals surface area contributed by atoms with Crippen molar-refractivity contribution in [2.75, 3.05) is 27.2 Å². The van der Waals surface area contributed by atoms with Crippen molar-refractivity contribution < 1.29 is 9.59 Å². The zero-order valence-electron chi connectivity index (χ0n) is 16.2. The van der Waals surface area contributed by atoms with E-state index in [1.54, 1.807) is 42.1 Å². The molecule has 0 N–H and O–H groups in total. The van der Waals surface area contributed by atoms with Gasteiger partial charge in [0.1, 0.15) is 11.5 Å². The predicted octanol–water partition coefficient (Wildman–Crippen LogP) is 3.08. The second kappa shape index (κ2) is 8.49. The summed E-state index contributed by atoms with van der Waals surface area (Å²) in [7, 11) is 3.46. The van der Waals surface area contributed by atoms with Crippen molar-refractivity contribution in [2.45, 2.75) is 26.2 Å². The maximum atomic E-state index is 13.0. The molecule has 7 nitrogen and oxygen atoms in total. The van der Waals surface area contributed by atoms with Gasteiger partial charge < -0.3 is 9.80 Å². The Kier molecular flexibility index (Phi) is 6.25. The van der Waals surface area contributed by atoms with Crippen LogP contribution in [0.25, 0.3) is 5.69 Å². The van der Waals surface area contributed by atoms with Crippen LogP contribution in [0.2, 0.25) is 10.0 Å². The maximum Gasteiger partial charge on any atom is 0.293 e. The summed E-state index contributed by atoms with van der Waals surface area (Å²) in [6, 6.07) is 5.18. The van der Waals surface area contributed by atoms with E-state index in [1.165, 1.54) is 4.68 Å². The highest BCUT2D eigenvalue weighted by atomic mass is 35.5. The molecule has 3 rings (SSSR count). The molecule has 9 heteroatoms. The summed E-state index contributed by atoms with van der Waals surface area (Å²) in [6.45, 7) is 2.88. The highest BCUT2D eigenvalue weighted by Crippen LogP contribution is 2.29. The summed E-state index contributed by atoms with van der Waals surface area (Å²) in [5.74, 6) is 0.237. The van der Waals surface area contributed by atoms with Gasteiger partial charge in [0.05, 0.1) is 16.0 Å². The smallest absolute Gasteiger partial charge is 0.293 e. The number of para-hydroxylation sites is 1. The molecule has 1 atom stereocenters. The van der Waals surface area contributed by atoms with Crippen LogP contribution in [0.1, 0.15) is 36.2 Å². The van der Waals surface area contributed by atoms with E-state index in [0.717, 1.165) is 12.8 Å². The first-order valence-electron chi connectivity index (χ1n) is 9.24. The Morgan fingerprint density at radius 2 is 1.93 bits per heavy atom. The second-order valence-corrected chi connectivity index (χ2v) is 7.82. The van der Waals surface area contributed by atoms with Crippen molar-refractivity contribution in [2.24, 2.45) is 5.92 Å². The molecule has 1 aliphatic heterocycles. The van der Waals surface area contributed by atoms with Crippen molar-refractivity contribution in [3.05, 3.63) is 39.9 Å². The minimum atomic E-state index is -0.284. The van der Waals surface area contributed by atoms with Crippen LogP contribution in [0.3, 0.4) is 0 Å². The van der Waals surface area contributed by atoms with E-state index in [9.17, 15) is 9.59 Å². The molecule has 0 spiro atoms. The number of piperidine rings is 1. The Morgan fingerprint density at radius 3 is 2.54 bits per heavy atom. The lowest BCUT2D eigenvalue weighted by atomic mass is 9.96. The summed E-state index contributed by atoms with van der Waals surface area (Å²) < 4.78 is 1.53. The highest BCUT2D eigenvalue weighted by Gasteiger charge is 2.32. The maximum absolute atomic E-state index is 13.0. The Bertz CT molecular complexity index is 876. The Labute approximate surface area is 174 Å². The van der Waals surface area contributed by atoms with Crippen molar-refractivity contribution in [3.63, 3.8) is 0 Å². The van der Waals surface area contributed by atoms with E-state index in [2.05, 4.69) is 10.1 Å². The number of halogens is 2. The van der Waals surface area contributed by atoms with Crippen molar-refractivity contribution >= 4 is 35.0 Å². The van der Waals surface area contributed by atoms with Crippen LogP contribution in [0.4, 0.5) is 0 Å². The zero-order valence-corrected chi connectivity index (χ0v) is 17.7. The van der Waals surface area contributed by atoms with Gasteiger partial charge in [0.15, 0.2) is 0 Å². The van der Waals surface area contributed by atoms with Gasteiger partial charge in [-0.1, -0.05) is 36.2 Å². The molecule has 1 aliphatic rings. The molecular weight excluding hydrogens is 401 g/mol. The number of carbonyl (C=O) groups is 2. The SMILES string of the molecule is CCc1nc(C(=O)N2CCCC(C(=O)N(C)C)C2)nn1-c1c(Cl)cccc1Cl. The monoisotopic (exact) mass is 423 g/mol. The molecule has 0 aliphatic carbocycles. The number of rotatable bonds is 4. The van der Waals surface area contributed by atoms with E-state index >= 15 is 0 Å². The lowest BCUT2D eigenvalue weighted by Gasteiger charge is -2.32. The third-order valence-electron chi connectivity index (χ3n) is 4.83. The van der Waals surface area contributed by atoms with Crippen molar-refractivity contribution in [3.8, 4) is 5.69 Å². The minimum absolute atomic E-state index is 0.0353. The van der Waals surface area contributed by atoms with Gasteiger partial charge in [0.2, 0.25) is 11.7 Å². The van der Waals surface area contributed by atoms with Gasteiger partial charge in [-0.2, -0.15) is 0 Å². The van der Waals surface area contributed by atoms with Crippen LogP contribution in [0, 0.1) is 5.92 Å². The second-order valence-electron chi connectivity index (χ2n) is 7.01. The Hall–Kier alpha value is -2.12. The molecule has 1 unspecified atom stereocenters. The van der Waals surface area contributed by atoms with E-state index in [4.69, 9.17) is 23.2 Å². The molecule has 0 radical (unpaired) electrons. The van der Waals surface area contributed by atoms with Crippen molar-refractivity contribution in [1.82, 2.24) is 24.6 Å². The number of benzene rings is 1. The van der Waals surface area contributed by atoms with E-state index in [0.29, 0.717) is 41.1 Å². The number of carbonyl (C=O) groups excluding carboxylic acids is 2. The van der Waals surface area contributed by atoms with Crippen molar-refractivity contribution in [1.29, 1.82) is 0 Å². The molecule has 150 valence electrons. The lowest BCUT2D eigenvalue weighted by Crippen LogP contribution is -2.45. The molecule has 28 heavy (non-hydrogen) atoms. The van der Waals surface area contributed by atoms with Gasteiger partial charge in [-0.05, 0) is 25.0 Å². The van der Waals surface area contributed by atoms with Gasteiger partial charge >= 0.3 is 0 Å². The fourth-order valence-electron chi connectivity index (χ4n) is 3.40. The average Bonchev–Trinajstić information content (AvgIpc) is 3.10. The summed E-state index contributed by atoms with van der Waals surface area (Å²) in [4.78, 5) is 32.9. The fraction of sp³-hybridized carbons (Fsp3) is 0.474. The topological polar surface area (TPSA) is 71.3 Å². The molecule has 2 aromatic rings. The molecule has 2 amide bonds. The first-order chi connectivity index (χ1) is 13.3. The first-order valence-corrected chi connectivity index (χ1v) is 9.99. The number of aromatic nitrogens is 3. The fourth-order valence-corrected chi connectivity index (χ4v) is 3.96. The number of nitrogens with zero attached hydrogens (tertiary/aromatic N) is 5. The van der Waals surface area contributed by atoms with Crippen LogP contribution < -0.4 is 0 Å². The van der Waals surface area contributed by atoms with Gasteiger partial charge in [-0.15, -0.1) is 5.10 Å². The summed E-state index contributed by atoms with van der Waals surface area (Å²) in [5.41, 5.74) is 0.508. The van der Waals surface area contributed by atoms with Crippen LogP contribution in [-0.2, 0) is 11.2 Å². The Balaban J connectivity index is 1.89. The van der Waals surface area contributed by atoms with Crippen LogP contribution in [0.5, 0.6) is 0 Å². The predicted molar refractivity (Wildman–Crippen MR) is 108 cm³/mol. The molecule has 1 fully saturated rings. The number of hydrogen-bond acceptors (Lipinski definition) is 4. The molecule has 1 aromatic carbocycles. The number of hydrogen-bond donors (Lipinski definition) is 0. The molecule has 0 saturated carbocycles. The summed E-state index contributed by atoms with van der Waals surface area (Å²) in [6.07, 6.45) is 2.11. The Morgan fingerprint density at radius 1 is 1.25 bits per heavy atom. The largest absolute Gasteiger partial charge is 0.349 e. The zero-order chi connectivity index (χ0) is 20.4. The quantitative estimate of drug-likeness (QED) is 0.757. The first kappa shape index (κ1) is 20.6. The molecular formula is C19H23Cl2N5O2. The standard InChI is InChI=1S/C19H23Cl2N5O2/c1-4-15-22-17(23-26(15)16-13(20)8-5-9-14(16)21)19(28)25-10-6-7-12(11-25)18(27)24(2)3/h5,8-9,12H,4,6-7,10-11H2,1-3H3. The van der Waals surface area contributed by atoms with Gasteiger partial charge in [0.25, 0.3) is 5.91 Å². The number of amides is 2. The molecule has 1 saturated heterocycles. The van der Waals surface area contributed by atoms with E-state index in [1.807, 2.05) is 6.92 Å². The lowest BCUT2D eigenvalue weighted by molar-refractivity contribution is -0.134. The normalized spacial score (nSPS) is 16.9. The minimum Gasteiger partial charge on any atom is -0.349 e. The average molecular weight is 424 g/mol. The van der Waals surface area contributed by atoms with Gasteiger partial charge in [-0.25, -0.2) is 9.67 Å². The number of aryl methyl sites for hydroxylation is 1. The number of likely N-dealkylation sites (tertiary alicyclic amines) is 1. The van der Waals surface area contributed by atoms with E-state index < -0.39 is 0 Å². The van der Waals surface area contributed by atoms with Gasteiger partial charge in [-0.3, -0.25) is 9.59 Å². The third-order valence-corrected chi connectivity index (χ3v) is 5.44. The summed E-state index contributed by atoms with van der Waals surface area (Å²) in [5, 5.41) is 5.27. The van der Waals surface area contributed by atoms with Gasteiger partial charge in [0, 0.05) is 33.6 Å². The summed E-state index contributed by atoms with van der Waals surface area (Å²) >= 11 is 12.6.